The number of allylic oxidation sites excluding steroid dienone is 7. The van der Waals surface area contributed by atoms with Crippen LogP contribution in [-0.4, -0.2) is 135 Å². The van der Waals surface area contributed by atoms with Gasteiger partial charge >= 0.3 is 0 Å². The molecule has 5 saturated heterocycles. The molecule has 0 amide bonds. The molecule has 3 unspecified atom stereocenters. The molecule has 20 saturated carbocycles. The molecular weight excluding hydrogens is 1820 g/mol. The van der Waals surface area contributed by atoms with Crippen LogP contribution in [0.4, 0.5) is 8.78 Å². The van der Waals surface area contributed by atoms with Gasteiger partial charge in [0.2, 0.25) is 0 Å². The van der Waals surface area contributed by atoms with Gasteiger partial charge in [-0.1, -0.05) is 150 Å². The second-order valence-corrected chi connectivity index (χ2v) is 55.3. The summed E-state index contributed by atoms with van der Waals surface area (Å²) >= 11 is 0. The van der Waals surface area contributed by atoms with E-state index in [2.05, 4.69) is 81.4 Å². The van der Waals surface area contributed by atoms with E-state index < -0.39 is 5.79 Å². The molecule has 29 rings (SSSR count). The summed E-state index contributed by atoms with van der Waals surface area (Å²) in [6, 6.07) is 0. The number of halogens is 2. The fourth-order valence-electron chi connectivity index (χ4n) is 43.4. The molecule has 145 heavy (non-hydrogen) atoms. The molecule has 0 aromatic heterocycles. The summed E-state index contributed by atoms with van der Waals surface area (Å²) in [5, 5.41) is 20.8. The number of fused-ring (bicyclic) bond motifs is 35. The monoisotopic (exact) mass is 2020 g/mol. The fourth-order valence-corrected chi connectivity index (χ4v) is 43.4. The van der Waals surface area contributed by atoms with Gasteiger partial charge in [0.1, 0.15) is 23.2 Å². The van der Waals surface area contributed by atoms with E-state index in [4.69, 9.17) is 47.4 Å². The number of aliphatic hydroxyl groups excluding tert-OH is 2. The molecular formula is C128H206F2O15. The van der Waals surface area contributed by atoms with Crippen molar-refractivity contribution in [2.45, 2.75) is 463 Å². The van der Waals surface area contributed by atoms with Crippen molar-refractivity contribution in [3.63, 3.8) is 0 Å². The van der Waals surface area contributed by atoms with Crippen LogP contribution in [0.2, 0.25) is 0 Å². The van der Waals surface area contributed by atoms with E-state index in [1.54, 1.807) is 0 Å². The Morgan fingerprint density at radius 3 is 1.12 bits per heavy atom. The minimum atomic E-state index is -0.411. The van der Waals surface area contributed by atoms with E-state index >= 15 is 4.39 Å². The van der Waals surface area contributed by atoms with Gasteiger partial charge < -0.3 is 57.6 Å². The first-order valence-electron chi connectivity index (χ1n) is 59.3. The lowest BCUT2D eigenvalue weighted by Crippen LogP contribution is -2.56. The standard InChI is InChI=1S/C21H31FO2.C21H34O3.C21H32O3.C21H32O2.C20H27FO3.C18H26O2.6CH4/c3*1-13-3-4-14-15-5-7-20(2)18(6-8-21(20)23-9-10-24-21)16(15)12-19(22)17(14)11-13;1-14-3-5-16-15(13-14)4-6-18-17(16)7-9-20(2)19(18)8-10-21(20)22-11-12-23-21;1-19-6-4-14-13-3-2-12(22)10-16(13)18(21)11-15(14)17(19)5-7-20(19)23-8-9-24-20;1-18-9-8-14-13-5-3-12(19)10-11(13)2-4-15(14)16(18)6-7-17(18)20;;;;;;/h13-16,18H,3-12H2,1-2H3;13-19,22H,3-12H2,1-2H3;13-18H,3-12H2,1-2H3;4,14,16-19H,3,5-13H2,1-2H3;13-15,17H,2-11H2,1H3;2,12-16,19H,3-10H2,1H3;6*1H4/t13-,14+,15+,16+,18-,20-;13-,14+,15+,16+,17?,18-,19?,20-;13-,14+,15+,16+,17?,18-,20-;14-,16-,17+,18+,19-,20-;13-,14-,15-,17+,19+;12-,13-,14+,15+,16-,18-;;;;;;/m000010....../s1. The summed E-state index contributed by atoms with van der Waals surface area (Å²) in [5.41, 5.74) is 6.10. The van der Waals surface area contributed by atoms with Crippen molar-refractivity contribution < 1.29 is 80.7 Å². The lowest BCUT2D eigenvalue weighted by Gasteiger charge is -2.58. The normalized spacial score (nSPS) is 49.1. The molecule has 15 nitrogen and oxygen atoms in total. The second kappa shape index (κ2) is 42.4. The fraction of sp³-hybridized carbons (Fsp3) is 0.914. The Kier molecular flexibility index (Phi) is 32.7. The highest BCUT2D eigenvalue weighted by Crippen LogP contribution is 2.75. The van der Waals surface area contributed by atoms with Crippen molar-refractivity contribution in [3.05, 3.63) is 46.1 Å². The van der Waals surface area contributed by atoms with Crippen LogP contribution >= 0.6 is 0 Å². The molecule has 5 spiro atoms. The molecule has 5 heterocycles. The predicted octanol–water partition coefficient (Wildman–Crippen LogP) is 29.8. The molecule has 0 aromatic carbocycles. The first-order chi connectivity index (χ1) is 66.9. The maximum Gasteiger partial charge on any atom is 0.174 e. The number of aliphatic hydroxyl groups is 2. The third kappa shape index (κ3) is 17.8. The van der Waals surface area contributed by atoms with Gasteiger partial charge in [-0.2, -0.15) is 0 Å². The molecule has 25 fully saturated rings. The van der Waals surface area contributed by atoms with Crippen LogP contribution in [0.5, 0.6) is 0 Å². The summed E-state index contributed by atoms with van der Waals surface area (Å²) < 4.78 is 91.8. The largest absolute Gasteiger partial charge is 0.393 e. The third-order valence-corrected chi connectivity index (χ3v) is 50.2. The van der Waals surface area contributed by atoms with Gasteiger partial charge in [-0.15, -0.1) is 0 Å². The van der Waals surface area contributed by atoms with Crippen molar-refractivity contribution in [2.24, 2.45) is 210 Å². The Balaban J connectivity index is 0.000000113. The van der Waals surface area contributed by atoms with E-state index in [0.29, 0.717) is 151 Å². The molecule has 0 bridgehead atoms. The SMILES string of the molecule is C.C.C.C.C.C.C[C@H]1CC[C@H]2C(=C(F)C[C@@H]3[C@@H]2CC[C@@]2(C)[C@H]3CCC23OCCO3)C1.C[C@H]1CC[C@H]2C(=CC[C@@H]3[C@@H]2CC[C@@]2(C)[C@H]3CCC23OCCO3)C1.C[C@H]1CC[C@H]2C(C1)C(=O)C[C@@H]1[C@@H]2CC[C@@]2(C)[C@H]1CCC21OCCO1.C[C@H]1CC[C@H]2C(C1)C(O)C[C@@H]1[C@@H]2CC[C@@]2(C)[C@H]1CCC21OCCO1.C[C@]12CC[C@H]3[C@@H](CC(F)=C4CC(=O)CC[C@@H]43)[C@@H]1CCC21OCCO1.C[C@]12CC[C@H]3[C@@H](CC=C4C[C@@H](O)CC[C@@H]43)[C@@H]1CCC2=O. The van der Waals surface area contributed by atoms with Crippen LogP contribution < -0.4 is 0 Å². The molecule has 29 aliphatic rings. The maximum atomic E-state index is 15.0. The van der Waals surface area contributed by atoms with Gasteiger partial charge in [-0.05, 0) is 407 Å². The molecule has 822 valence electrons. The van der Waals surface area contributed by atoms with Crippen LogP contribution in [0, 0.1) is 210 Å². The van der Waals surface area contributed by atoms with E-state index in [9.17, 15) is 29.0 Å². The summed E-state index contributed by atoms with van der Waals surface area (Å²) in [5.74, 6) is 20.4. The minimum absolute atomic E-state index is 0. The zero-order valence-electron chi connectivity index (χ0n) is 87.6. The van der Waals surface area contributed by atoms with Crippen LogP contribution in [0.1, 0.15) is 422 Å². The predicted molar refractivity (Wildman–Crippen MR) is 571 cm³/mol. The van der Waals surface area contributed by atoms with E-state index in [1.165, 1.54) is 165 Å². The van der Waals surface area contributed by atoms with Crippen molar-refractivity contribution >= 4 is 17.3 Å². The number of ether oxygens (including phenoxy) is 10. The first-order valence-corrected chi connectivity index (χ1v) is 59.3. The quantitative estimate of drug-likeness (QED) is 0.218. The van der Waals surface area contributed by atoms with E-state index in [1.807, 2.05) is 5.57 Å². The van der Waals surface area contributed by atoms with Gasteiger partial charge in [0.15, 0.2) is 28.9 Å². The maximum absolute atomic E-state index is 15.0. The molecule has 5 aliphatic heterocycles. The number of carbonyl (C=O) groups is 3. The summed E-state index contributed by atoms with van der Waals surface area (Å²) in [6.07, 6.45) is 59.0. The molecule has 2 N–H and O–H groups in total. The summed E-state index contributed by atoms with van der Waals surface area (Å²) in [4.78, 5) is 37.0. The Hall–Kier alpha value is -2.65. The molecule has 24 aliphatic carbocycles. The lowest BCUT2D eigenvalue weighted by atomic mass is 9.49. The molecule has 38 atom stereocenters. The van der Waals surface area contributed by atoms with Gasteiger partial charge in [0.25, 0.3) is 0 Å². The van der Waals surface area contributed by atoms with Gasteiger partial charge in [0.05, 0.1) is 84.1 Å². The van der Waals surface area contributed by atoms with Crippen LogP contribution in [0.3, 0.4) is 0 Å². The summed E-state index contributed by atoms with van der Waals surface area (Å²) in [7, 11) is 0. The highest BCUT2D eigenvalue weighted by molar-refractivity contribution is 5.87. The van der Waals surface area contributed by atoms with Crippen molar-refractivity contribution in [3.8, 4) is 0 Å². The Bertz CT molecular complexity index is 4670. The van der Waals surface area contributed by atoms with Crippen LogP contribution in [0.25, 0.3) is 0 Å². The number of ketones is 3. The minimum Gasteiger partial charge on any atom is -0.393 e. The lowest BCUT2D eigenvalue weighted by molar-refractivity contribution is -0.246. The number of hydrogen-bond acceptors (Lipinski definition) is 15. The summed E-state index contributed by atoms with van der Waals surface area (Å²) in [6.45, 7) is 31.2. The average Bonchev–Trinajstić information content (AvgIpc) is 1.57. The smallest absolute Gasteiger partial charge is 0.174 e. The van der Waals surface area contributed by atoms with Gasteiger partial charge in [-0.3, -0.25) is 14.4 Å². The van der Waals surface area contributed by atoms with Crippen molar-refractivity contribution in [1.29, 1.82) is 0 Å². The Morgan fingerprint density at radius 2 is 0.634 bits per heavy atom. The number of Topliss-reactive ketones (excluding diaryl/α,β-unsaturated/α-hetero) is 3. The zero-order chi connectivity index (χ0) is 95.7. The second-order valence-electron chi connectivity index (χ2n) is 55.3. The van der Waals surface area contributed by atoms with Crippen molar-refractivity contribution in [2.75, 3.05) is 66.1 Å². The highest BCUT2D eigenvalue weighted by Gasteiger charge is 2.73. The average molecular weight is 2020 g/mol. The Labute approximate surface area is 878 Å². The van der Waals surface area contributed by atoms with E-state index in [-0.39, 0.29) is 130 Å². The molecule has 0 aromatic rings. The topological polar surface area (TPSA) is 184 Å². The Morgan fingerprint density at radius 1 is 0.283 bits per heavy atom. The van der Waals surface area contributed by atoms with Crippen LogP contribution in [0.15, 0.2) is 46.1 Å². The van der Waals surface area contributed by atoms with Gasteiger partial charge in [0, 0.05) is 109 Å². The van der Waals surface area contributed by atoms with E-state index in [0.717, 1.165) is 264 Å². The van der Waals surface area contributed by atoms with Gasteiger partial charge in [-0.25, -0.2) is 8.78 Å². The zero-order valence-corrected chi connectivity index (χ0v) is 87.6. The number of carbonyl (C=O) groups excluding carboxylic acids is 3. The van der Waals surface area contributed by atoms with Crippen molar-refractivity contribution in [1.82, 2.24) is 0 Å². The molecule has 17 heteroatoms. The first kappa shape index (κ1) is 112. The highest BCUT2D eigenvalue weighted by atomic mass is 19.1. The number of rotatable bonds is 0. The third-order valence-electron chi connectivity index (χ3n) is 50.2. The molecule has 0 radical (unpaired) electrons. The van der Waals surface area contributed by atoms with Crippen LogP contribution in [-0.2, 0) is 61.8 Å². The number of hydrogen-bond donors (Lipinski definition) is 2.